The standard InChI is InChI=1S/C40H29N5/c1-40(2)31-16-6-8-18-33(31)44(34-19-9-7-17-32(34)40)28-22-20-26(21-23-28)39-43-37-29-14-10-24-41-35(29)36-30(15-11-25-42-36)38(37)45(39)27-12-4-3-5-13-27/h3-25H,1-2H3. The van der Waals surface area contributed by atoms with Crippen molar-refractivity contribution in [2.75, 3.05) is 4.90 Å². The Morgan fingerprint density at radius 3 is 1.76 bits per heavy atom. The van der Waals surface area contributed by atoms with Crippen molar-refractivity contribution in [2.24, 2.45) is 0 Å². The Morgan fingerprint density at radius 1 is 0.511 bits per heavy atom. The summed E-state index contributed by atoms with van der Waals surface area (Å²) in [4.78, 5) is 17.3. The third kappa shape index (κ3) is 3.71. The van der Waals surface area contributed by atoms with Gasteiger partial charge in [-0.15, -0.1) is 0 Å². The summed E-state index contributed by atoms with van der Waals surface area (Å²) in [5.41, 5.74) is 11.9. The van der Waals surface area contributed by atoms with Gasteiger partial charge in [0.25, 0.3) is 0 Å². The maximum atomic E-state index is 5.35. The minimum atomic E-state index is -0.0978. The molecular formula is C40H29N5. The quantitative estimate of drug-likeness (QED) is 0.195. The maximum Gasteiger partial charge on any atom is 0.145 e. The number of nitrogens with zero attached hydrogens (tertiary/aromatic N) is 5. The number of hydrogen-bond acceptors (Lipinski definition) is 4. The SMILES string of the molecule is CC1(C)c2ccccc2N(c2ccc(-c3nc4c5cccnc5c5ncccc5c4n3-c3ccccc3)cc2)c2ccccc21. The Kier molecular flexibility index (Phi) is 5.47. The van der Waals surface area contributed by atoms with E-state index < -0.39 is 0 Å². The third-order valence-corrected chi connectivity index (χ3v) is 9.26. The van der Waals surface area contributed by atoms with E-state index in [2.05, 4.69) is 133 Å². The molecule has 5 aromatic carbocycles. The molecule has 8 aromatic rings. The van der Waals surface area contributed by atoms with Gasteiger partial charge in [-0.05, 0) is 83.9 Å². The second kappa shape index (κ2) is 9.60. The van der Waals surface area contributed by atoms with E-state index in [-0.39, 0.29) is 5.41 Å². The summed E-state index contributed by atoms with van der Waals surface area (Å²) in [6, 6.07) is 45.0. The topological polar surface area (TPSA) is 46.8 Å². The number of imidazole rings is 1. The molecule has 1 aliphatic heterocycles. The van der Waals surface area contributed by atoms with Crippen LogP contribution in [0, 0.1) is 0 Å². The molecule has 5 heteroatoms. The molecule has 0 saturated carbocycles. The molecule has 1 aliphatic rings. The fourth-order valence-corrected chi connectivity index (χ4v) is 7.16. The van der Waals surface area contributed by atoms with Gasteiger partial charge in [-0.25, -0.2) is 4.98 Å². The molecule has 5 nitrogen and oxygen atoms in total. The minimum absolute atomic E-state index is 0.0978. The number of benzene rings is 5. The van der Waals surface area contributed by atoms with Crippen molar-refractivity contribution in [1.29, 1.82) is 0 Å². The normalized spacial score (nSPS) is 13.7. The van der Waals surface area contributed by atoms with Gasteiger partial charge in [0, 0.05) is 45.5 Å². The number of rotatable bonds is 3. The third-order valence-electron chi connectivity index (χ3n) is 9.26. The van der Waals surface area contributed by atoms with E-state index in [0.29, 0.717) is 0 Å². The second-order valence-corrected chi connectivity index (χ2v) is 12.1. The average molecular weight is 580 g/mol. The molecule has 0 radical (unpaired) electrons. The van der Waals surface area contributed by atoms with E-state index in [1.54, 1.807) is 0 Å². The van der Waals surface area contributed by atoms with Crippen LogP contribution in [0.2, 0.25) is 0 Å². The lowest BCUT2D eigenvalue weighted by atomic mass is 9.73. The van der Waals surface area contributed by atoms with E-state index >= 15 is 0 Å². The summed E-state index contributed by atoms with van der Waals surface area (Å²) >= 11 is 0. The minimum Gasteiger partial charge on any atom is -0.310 e. The molecule has 0 N–H and O–H groups in total. The smallest absolute Gasteiger partial charge is 0.145 e. The van der Waals surface area contributed by atoms with Crippen molar-refractivity contribution in [2.45, 2.75) is 19.3 Å². The zero-order valence-corrected chi connectivity index (χ0v) is 25.0. The van der Waals surface area contributed by atoms with E-state index in [1.807, 2.05) is 30.6 Å². The van der Waals surface area contributed by atoms with Gasteiger partial charge in [-0.2, -0.15) is 0 Å². The lowest BCUT2D eigenvalue weighted by Crippen LogP contribution is -2.30. The Morgan fingerprint density at radius 2 is 1.09 bits per heavy atom. The van der Waals surface area contributed by atoms with Crippen molar-refractivity contribution < 1.29 is 0 Å². The molecule has 45 heavy (non-hydrogen) atoms. The largest absolute Gasteiger partial charge is 0.310 e. The van der Waals surface area contributed by atoms with Crippen molar-refractivity contribution >= 4 is 49.9 Å². The van der Waals surface area contributed by atoms with Gasteiger partial charge in [-0.1, -0.05) is 68.4 Å². The number of para-hydroxylation sites is 3. The van der Waals surface area contributed by atoms with Crippen molar-refractivity contribution in [3.05, 3.63) is 151 Å². The van der Waals surface area contributed by atoms with Crippen molar-refractivity contribution in [3.8, 4) is 17.1 Å². The van der Waals surface area contributed by atoms with Gasteiger partial charge in [0.2, 0.25) is 0 Å². The molecular weight excluding hydrogens is 550 g/mol. The van der Waals surface area contributed by atoms with Crippen LogP contribution >= 0.6 is 0 Å². The average Bonchev–Trinajstić information content (AvgIpc) is 3.51. The highest BCUT2D eigenvalue weighted by Crippen LogP contribution is 2.51. The highest BCUT2D eigenvalue weighted by molar-refractivity contribution is 6.21. The van der Waals surface area contributed by atoms with Crippen LogP contribution < -0.4 is 4.90 Å². The van der Waals surface area contributed by atoms with Gasteiger partial charge in [-0.3, -0.25) is 14.5 Å². The van der Waals surface area contributed by atoms with Gasteiger partial charge in [0.05, 0.1) is 33.4 Å². The molecule has 0 fully saturated rings. The maximum absolute atomic E-state index is 5.35. The van der Waals surface area contributed by atoms with Crippen LogP contribution in [0.1, 0.15) is 25.0 Å². The highest BCUT2D eigenvalue weighted by Gasteiger charge is 2.36. The predicted octanol–water partition coefficient (Wildman–Crippen LogP) is 9.90. The Balaban J connectivity index is 1.28. The van der Waals surface area contributed by atoms with Crippen molar-refractivity contribution in [3.63, 3.8) is 0 Å². The first-order valence-corrected chi connectivity index (χ1v) is 15.3. The number of fused-ring (bicyclic) bond motifs is 8. The molecule has 3 aromatic heterocycles. The van der Waals surface area contributed by atoms with Crippen LogP contribution in [0.4, 0.5) is 17.1 Å². The summed E-state index contributed by atoms with van der Waals surface area (Å²) < 4.78 is 2.27. The number of hydrogen-bond donors (Lipinski definition) is 0. The van der Waals surface area contributed by atoms with Crippen LogP contribution in [-0.4, -0.2) is 19.5 Å². The van der Waals surface area contributed by atoms with Crippen LogP contribution in [0.5, 0.6) is 0 Å². The summed E-state index contributed by atoms with van der Waals surface area (Å²) in [6.07, 6.45) is 3.66. The number of anilines is 3. The van der Waals surface area contributed by atoms with E-state index in [4.69, 9.17) is 15.0 Å². The lowest BCUT2D eigenvalue weighted by Gasteiger charge is -2.42. The van der Waals surface area contributed by atoms with Crippen molar-refractivity contribution in [1.82, 2.24) is 19.5 Å². The molecule has 214 valence electrons. The van der Waals surface area contributed by atoms with Crippen LogP contribution in [0.3, 0.4) is 0 Å². The molecule has 9 rings (SSSR count). The summed E-state index contributed by atoms with van der Waals surface area (Å²) in [6.45, 7) is 4.63. The number of pyridine rings is 2. The Hall–Kier alpha value is -5.81. The Bertz CT molecular complexity index is 2360. The van der Waals surface area contributed by atoms with E-state index in [1.165, 1.54) is 22.5 Å². The molecule has 0 aliphatic carbocycles. The second-order valence-electron chi connectivity index (χ2n) is 12.1. The number of aromatic nitrogens is 4. The highest BCUT2D eigenvalue weighted by atomic mass is 15.2. The molecule has 0 unspecified atom stereocenters. The fraction of sp³-hybridized carbons (Fsp3) is 0.0750. The fourth-order valence-electron chi connectivity index (χ4n) is 7.16. The monoisotopic (exact) mass is 579 g/mol. The first kappa shape index (κ1) is 25.7. The summed E-state index contributed by atoms with van der Waals surface area (Å²) in [5, 5.41) is 2.03. The van der Waals surface area contributed by atoms with Gasteiger partial charge < -0.3 is 4.90 Å². The summed E-state index contributed by atoms with van der Waals surface area (Å²) in [5.74, 6) is 0.879. The molecule has 0 spiro atoms. The summed E-state index contributed by atoms with van der Waals surface area (Å²) in [7, 11) is 0. The zero-order chi connectivity index (χ0) is 30.1. The molecule has 0 amide bonds. The van der Waals surface area contributed by atoms with Crippen LogP contribution in [0.25, 0.3) is 49.9 Å². The van der Waals surface area contributed by atoms with Crippen LogP contribution in [-0.2, 0) is 5.41 Å². The first-order valence-electron chi connectivity index (χ1n) is 15.3. The Labute approximate surface area is 261 Å². The first-order chi connectivity index (χ1) is 22.1. The molecule has 0 atom stereocenters. The molecule has 0 bridgehead atoms. The van der Waals surface area contributed by atoms with Crippen LogP contribution in [0.15, 0.2) is 140 Å². The van der Waals surface area contributed by atoms with E-state index in [9.17, 15) is 0 Å². The lowest BCUT2D eigenvalue weighted by molar-refractivity contribution is 0.632. The molecule has 0 saturated heterocycles. The predicted molar refractivity (Wildman–Crippen MR) is 184 cm³/mol. The van der Waals surface area contributed by atoms with Gasteiger partial charge in [0.1, 0.15) is 5.82 Å². The van der Waals surface area contributed by atoms with Gasteiger partial charge >= 0.3 is 0 Å². The van der Waals surface area contributed by atoms with Gasteiger partial charge in [0.15, 0.2) is 0 Å². The zero-order valence-electron chi connectivity index (χ0n) is 25.0. The molecule has 4 heterocycles. The van der Waals surface area contributed by atoms with E-state index in [0.717, 1.165) is 55.6 Å².